The Balaban J connectivity index is 1.29. The number of rotatable bonds is 7. The van der Waals surface area contributed by atoms with E-state index in [1.807, 2.05) is 29.9 Å². The summed E-state index contributed by atoms with van der Waals surface area (Å²) in [4.78, 5) is 14.8. The van der Waals surface area contributed by atoms with Crippen molar-refractivity contribution in [3.8, 4) is 22.8 Å². The molecule has 3 saturated heterocycles. The van der Waals surface area contributed by atoms with Gasteiger partial charge in [0.1, 0.15) is 0 Å². The molecule has 2 bridgehead atoms. The lowest BCUT2D eigenvalue weighted by Crippen LogP contribution is -2.56. The van der Waals surface area contributed by atoms with E-state index in [1.165, 1.54) is 18.4 Å². The lowest BCUT2D eigenvalue weighted by Gasteiger charge is -2.49. The Morgan fingerprint density at radius 3 is 2.76 bits per heavy atom. The van der Waals surface area contributed by atoms with Gasteiger partial charge in [-0.15, -0.1) is 0 Å². The molecule has 4 atom stereocenters. The van der Waals surface area contributed by atoms with Gasteiger partial charge in [-0.1, -0.05) is 0 Å². The third-order valence-electron chi connectivity index (χ3n) is 7.10. The fourth-order valence-electron chi connectivity index (χ4n) is 5.36. The van der Waals surface area contributed by atoms with Crippen molar-refractivity contribution >= 4 is 5.91 Å². The zero-order valence-corrected chi connectivity index (χ0v) is 19.3. The van der Waals surface area contributed by atoms with E-state index in [4.69, 9.17) is 19.0 Å². The maximum atomic E-state index is 12.3. The highest BCUT2D eigenvalue weighted by molar-refractivity contribution is 5.91. The molecule has 0 aliphatic carbocycles. The quantitative estimate of drug-likeness (QED) is 0.595. The van der Waals surface area contributed by atoms with Crippen molar-refractivity contribution in [2.45, 2.75) is 24.8 Å². The first-order valence-corrected chi connectivity index (χ1v) is 11.4. The summed E-state index contributed by atoms with van der Waals surface area (Å²) in [5.41, 5.74) is 3.20. The van der Waals surface area contributed by atoms with Crippen molar-refractivity contribution < 1.29 is 18.7 Å². The number of carbonyl (C=O) groups is 1. The van der Waals surface area contributed by atoms with Gasteiger partial charge in [0.15, 0.2) is 17.3 Å². The molecule has 3 aliphatic heterocycles. The Hall–Kier alpha value is -3.26. The van der Waals surface area contributed by atoms with Gasteiger partial charge in [-0.25, -0.2) is 0 Å². The molecule has 1 aromatic carbocycles. The number of aromatic nitrogens is 2. The molecule has 8 nitrogen and oxygen atoms in total. The molecular weight excluding hydrogens is 420 g/mol. The van der Waals surface area contributed by atoms with E-state index < -0.39 is 0 Å². The third-order valence-corrected chi connectivity index (χ3v) is 7.10. The van der Waals surface area contributed by atoms with Crippen LogP contribution >= 0.6 is 0 Å². The van der Waals surface area contributed by atoms with E-state index in [2.05, 4.69) is 16.3 Å². The van der Waals surface area contributed by atoms with Crippen molar-refractivity contribution in [1.82, 2.24) is 20.0 Å². The average Bonchev–Trinajstić information content (AvgIpc) is 3.52. The maximum absolute atomic E-state index is 12.3. The van der Waals surface area contributed by atoms with Crippen LogP contribution in [-0.4, -0.2) is 60.5 Å². The summed E-state index contributed by atoms with van der Waals surface area (Å²) in [6.45, 7) is 2.70. The zero-order chi connectivity index (χ0) is 22.9. The van der Waals surface area contributed by atoms with Gasteiger partial charge in [-0.2, -0.15) is 5.10 Å². The highest BCUT2D eigenvalue weighted by Crippen LogP contribution is 2.42. The molecule has 3 aromatic rings. The predicted molar refractivity (Wildman–Crippen MR) is 124 cm³/mol. The van der Waals surface area contributed by atoms with Gasteiger partial charge in [0.25, 0.3) is 5.91 Å². The van der Waals surface area contributed by atoms with E-state index in [0.29, 0.717) is 41.7 Å². The third kappa shape index (κ3) is 4.11. The maximum Gasteiger partial charge on any atom is 0.287 e. The first kappa shape index (κ1) is 21.6. The molecule has 1 unspecified atom stereocenters. The van der Waals surface area contributed by atoms with Gasteiger partial charge in [0.05, 0.1) is 26.2 Å². The van der Waals surface area contributed by atoms with Crippen LogP contribution in [0.2, 0.25) is 0 Å². The first-order chi connectivity index (χ1) is 16.1. The van der Waals surface area contributed by atoms with Crippen LogP contribution in [0.4, 0.5) is 0 Å². The number of nitrogens with zero attached hydrogens (tertiary/aromatic N) is 3. The molecule has 2 aromatic heterocycles. The van der Waals surface area contributed by atoms with E-state index in [9.17, 15) is 4.79 Å². The Morgan fingerprint density at radius 2 is 2.06 bits per heavy atom. The number of aryl methyl sites for hydroxylation is 1. The van der Waals surface area contributed by atoms with Crippen molar-refractivity contribution in [3.63, 3.8) is 0 Å². The molecule has 33 heavy (non-hydrogen) atoms. The lowest BCUT2D eigenvalue weighted by atomic mass is 9.74. The molecule has 1 amide bonds. The molecule has 5 heterocycles. The number of fused-ring (bicyclic) bond motifs is 3. The van der Waals surface area contributed by atoms with Crippen molar-refractivity contribution in [2.75, 3.05) is 33.9 Å². The zero-order valence-electron chi connectivity index (χ0n) is 19.3. The minimum Gasteiger partial charge on any atom is -0.493 e. The number of amides is 1. The van der Waals surface area contributed by atoms with E-state index in [-0.39, 0.29) is 5.91 Å². The lowest BCUT2D eigenvalue weighted by molar-refractivity contribution is 0.0278. The summed E-state index contributed by atoms with van der Waals surface area (Å²) < 4.78 is 18.0. The van der Waals surface area contributed by atoms with Gasteiger partial charge < -0.3 is 19.2 Å². The molecule has 3 aliphatic rings. The fourth-order valence-corrected chi connectivity index (χ4v) is 5.36. The van der Waals surface area contributed by atoms with Crippen LogP contribution in [0.25, 0.3) is 11.3 Å². The van der Waals surface area contributed by atoms with Crippen molar-refractivity contribution in [2.24, 2.45) is 13.0 Å². The van der Waals surface area contributed by atoms with Crippen LogP contribution in [0, 0.1) is 5.92 Å². The largest absolute Gasteiger partial charge is 0.493 e. The second-order valence-electron chi connectivity index (χ2n) is 8.87. The number of hydrogen-bond donors (Lipinski definition) is 1. The van der Waals surface area contributed by atoms with Gasteiger partial charge in [-0.05, 0) is 61.7 Å². The summed E-state index contributed by atoms with van der Waals surface area (Å²) in [5.74, 6) is 2.63. The molecule has 174 valence electrons. The van der Waals surface area contributed by atoms with Crippen LogP contribution in [0.3, 0.4) is 0 Å². The number of carbonyl (C=O) groups excluding carboxylic acids is 1. The minimum atomic E-state index is -0.148. The first-order valence-electron chi connectivity index (χ1n) is 11.4. The Morgan fingerprint density at radius 1 is 1.21 bits per heavy atom. The van der Waals surface area contributed by atoms with Gasteiger partial charge in [-0.3, -0.25) is 14.4 Å². The second kappa shape index (κ2) is 8.94. The van der Waals surface area contributed by atoms with Crippen LogP contribution in [0.5, 0.6) is 11.5 Å². The van der Waals surface area contributed by atoms with Crippen LogP contribution in [0.1, 0.15) is 35.0 Å². The summed E-state index contributed by atoms with van der Waals surface area (Å²) >= 11 is 0. The number of nitrogens with one attached hydrogen (secondary N) is 1. The molecule has 0 spiro atoms. The predicted octanol–water partition coefficient (Wildman–Crippen LogP) is 3.31. The van der Waals surface area contributed by atoms with E-state index >= 15 is 0 Å². The molecule has 0 saturated carbocycles. The van der Waals surface area contributed by atoms with Crippen molar-refractivity contribution in [1.29, 1.82) is 0 Å². The van der Waals surface area contributed by atoms with Crippen molar-refractivity contribution in [3.05, 3.63) is 54.1 Å². The topological polar surface area (TPSA) is 81.8 Å². The number of piperidine rings is 3. The molecule has 3 fully saturated rings. The molecule has 1 N–H and O–H groups in total. The smallest absolute Gasteiger partial charge is 0.287 e. The van der Waals surface area contributed by atoms with E-state index in [0.717, 1.165) is 30.8 Å². The van der Waals surface area contributed by atoms with Gasteiger partial charge in [0, 0.05) is 43.4 Å². The summed E-state index contributed by atoms with van der Waals surface area (Å²) in [6.07, 6.45) is 3.76. The van der Waals surface area contributed by atoms with E-state index in [1.54, 1.807) is 26.4 Å². The number of benzene rings is 1. The molecule has 0 radical (unpaired) electrons. The highest BCUT2D eigenvalue weighted by atomic mass is 16.5. The summed E-state index contributed by atoms with van der Waals surface area (Å²) in [5, 5.41) is 7.85. The van der Waals surface area contributed by atoms with Crippen LogP contribution < -0.4 is 14.8 Å². The number of ether oxygens (including phenoxy) is 2. The standard InChI is InChI=1S/C25H30N4O4/c1-28-21(13-20(27-28)17-6-7-22(31-2)24(12-17)32-3)19-15-29-9-8-16(19)11-18(29)14-26-25(30)23-5-4-10-33-23/h4-7,10,12-13,16,18-19H,8-9,11,14-15H2,1-3H3,(H,26,30)/t16-,18+,19+/m0/s1. The molecule has 6 rings (SSSR count). The second-order valence-corrected chi connectivity index (χ2v) is 8.87. The van der Waals surface area contributed by atoms with Crippen LogP contribution in [-0.2, 0) is 7.05 Å². The minimum absolute atomic E-state index is 0.148. The average molecular weight is 451 g/mol. The summed E-state index contributed by atoms with van der Waals surface area (Å²) in [6, 6.07) is 11.9. The summed E-state index contributed by atoms with van der Waals surface area (Å²) in [7, 11) is 5.31. The fraction of sp³-hybridized carbons (Fsp3) is 0.440. The monoisotopic (exact) mass is 450 g/mol. The Kier molecular flexibility index (Phi) is 5.85. The number of furan rings is 1. The van der Waals surface area contributed by atoms with Crippen LogP contribution in [0.15, 0.2) is 47.1 Å². The van der Waals surface area contributed by atoms with Gasteiger partial charge >= 0.3 is 0 Å². The number of hydrogen-bond acceptors (Lipinski definition) is 6. The highest BCUT2D eigenvalue weighted by Gasteiger charge is 2.42. The Labute approximate surface area is 193 Å². The molecule has 8 heteroatoms. The Bertz CT molecular complexity index is 1120. The normalized spacial score (nSPS) is 24.0. The molecular formula is C25H30N4O4. The SMILES string of the molecule is COc1ccc(-c2cc([C@@H]3CN4CC[C@H]3C[C@@H]4CNC(=O)c3ccco3)n(C)n2)cc1OC. The number of methoxy groups -OCH3 is 2. The van der Waals surface area contributed by atoms with Gasteiger partial charge in [0.2, 0.25) is 0 Å².